The van der Waals surface area contributed by atoms with E-state index in [4.69, 9.17) is 11.6 Å². The summed E-state index contributed by atoms with van der Waals surface area (Å²) >= 11 is 7.44. The number of aryl methyl sites for hydroxylation is 1. The first-order valence-corrected chi connectivity index (χ1v) is 7.06. The van der Waals surface area contributed by atoms with Crippen molar-refractivity contribution in [3.8, 4) is 10.6 Å². The van der Waals surface area contributed by atoms with Gasteiger partial charge in [0.15, 0.2) is 0 Å². The molecule has 0 spiro atoms. The molecule has 0 atom stereocenters. The topological polar surface area (TPSA) is 25.8 Å². The Morgan fingerprint density at radius 3 is 2.83 bits per heavy atom. The van der Waals surface area contributed by atoms with Gasteiger partial charge in [-0.1, -0.05) is 18.2 Å². The first kappa shape index (κ1) is 11.6. The summed E-state index contributed by atoms with van der Waals surface area (Å²) in [5, 5.41) is 4.15. The molecule has 18 heavy (non-hydrogen) atoms. The van der Waals surface area contributed by atoms with E-state index in [0.717, 1.165) is 32.9 Å². The van der Waals surface area contributed by atoms with Crippen LogP contribution in [0.15, 0.2) is 35.7 Å². The smallest absolute Gasteiger partial charge is 0.124 e. The van der Waals surface area contributed by atoms with Crippen LogP contribution in [0, 0.1) is 6.92 Å². The van der Waals surface area contributed by atoms with Gasteiger partial charge in [0.25, 0.3) is 0 Å². The van der Waals surface area contributed by atoms with Gasteiger partial charge in [0, 0.05) is 22.0 Å². The van der Waals surface area contributed by atoms with Crippen molar-refractivity contribution in [2.45, 2.75) is 12.8 Å². The fourth-order valence-electron chi connectivity index (χ4n) is 1.98. The van der Waals surface area contributed by atoms with Crippen LogP contribution in [0.1, 0.15) is 11.4 Å². The normalized spacial score (nSPS) is 11.0. The molecule has 90 valence electrons. The van der Waals surface area contributed by atoms with E-state index in [-0.39, 0.29) is 0 Å². The molecule has 0 aliphatic heterocycles. The minimum atomic E-state index is 0.457. The number of alkyl halides is 1. The summed E-state index contributed by atoms with van der Waals surface area (Å²) < 4.78 is 0. The standard InChI is InChI=1S/C14H11ClN2S/c1-9-6-12(14-17-10(7-15)8-18-14)11-4-2-3-5-13(11)16-9/h2-6,8H,7H2,1H3. The van der Waals surface area contributed by atoms with Gasteiger partial charge in [-0.05, 0) is 19.1 Å². The van der Waals surface area contributed by atoms with Crippen LogP contribution in [0.4, 0.5) is 0 Å². The largest absolute Gasteiger partial charge is 0.253 e. The van der Waals surface area contributed by atoms with E-state index < -0.39 is 0 Å². The highest BCUT2D eigenvalue weighted by atomic mass is 35.5. The van der Waals surface area contributed by atoms with Gasteiger partial charge < -0.3 is 0 Å². The summed E-state index contributed by atoms with van der Waals surface area (Å²) in [5.41, 5.74) is 4.08. The molecule has 2 aromatic heterocycles. The second-order valence-corrected chi connectivity index (χ2v) is 5.23. The van der Waals surface area contributed by atoms with Gasteiger partial charge in [0.2, 0.25) is 0 Å². The number of fused-ring (bicyclic) bond motifs is 1. The Morgan fingerprint density at radius 2 is 2.06 bits per heavy atom. The van der Waals surface area contributed by atoms with Crippen LogP contribution in [0.25, 0.3) is 21.5 Å². The minimum Gasteiger partial charge on any atom is -0.253 e. The zero-order valence-electron chi connectivity index (χ0n) is 9.85. The lowest BCUT2D eigenvalue weighted by Crippen LogP contribution is -1.88. The zero-order valence-corrected chi connectivity index (χ0v) is 11.4. The second kappa shape index (κ2) is 4.67. The van der Waals surface area contributed by atoms with Crippen LogP contribution in [0.5, 0.6) is 0 Å². The van der Waals surface area contributed by atoms with Gasteiger partial charge in [-0.3, -0.25) is 4.98 Å². The predicted octanol–water partition coefficient (Wildman–Crippen LogP) is 4.41. The number of hydrogen-bond acceptors (Lipinski definition) is 3. The first-order valence-electron chi connectivity index (χ1n) is 5.65. The summed E-state index contributed by atoms with van der Waals surface area (Å²) in [6.45, 7) is 2.01. The molecule has 0 saturated carbocycles. The highest BCUT2D eigenvalue weighted by Gasteiger charge is 2.09. The molecule has 0 unspecified atom stereocenters. The lowest BCUT2D eigenvalue weighted by Gasteiger charge is -2.04. The number of pyridine rings is 1. The Labute approximate surface area is 114 Å². The average molecular weight is 275 g/mol. The van der Waals surface area contributed by atoms with Crippen molar-refractivity contribution >= 4 is 33.8 Å². The van der Waals surface area contributed by atoms with Crippen LogP contribution in [0.3, 0.4) is 0 Å². The van der Waals surface area contributed by atoms with Crippen molar-refractivity contribution < 1.29 is 0 Å². The summed E-state index contributed by atoms with van der Waals surface area (Å²) in [6.07, 6.45) is 0. The number of thiazole rings is 1. The maximum Gasteiger partial charge on any atom is 0.124 e. The number of aromatic nitrogens is 2. The lowest BCUT2D eigenvalue weighted by molar-refractivity contribution is 1.22. The molecule has 2 nitrogen and oxygen atoms in total. The summed E-state index contributed by atoms with van der Waals surface area (Å²) in [5.74, 6) is 0.457. The fraction of sp³-hybridized carbons (Fsp3) is 0.143. The van der Waals surface area contributed by atoms with Crippen LogP contribution in [-0.4, -0.2) is 9.97 Å². The molecule has 0 fully saturated rings. The number of halogens is 1. The number of rotatable bonds is 2. The van der Waals surface area contributed by atoms with Crippen molar-refractivity contribution in [2.24, 2.45) is 0 Å². The third kappa shape index (κ3) is 2.00. The molecule has 0 saturated heterocycles. The maximum atomic E-state index is 5.81. The summed E-state index contributed by atoms with van der Waals surface area (Å²) in [6, 6.07) is 10.2. The van der Waals surface area contributed by atoms with E-state index in [9.17, 15) is 0 Å². The second-order valence-electron chi connectivity index (χ2n) is 4.11. The van der Waals surface area contributed by atoms with Gasteiger partial charge in [0.05, 0.1) is 17.1 Å². The van der Waals surface area contributed by atoms with Crippen LogP contribution in [-0.2, 0) is 5.88 Å². The van der Waals surface area contributed by atoms with Gasteiger partial charge in [-0.2, -0.15) is 0 Å². The van der Waals surface area contributed by atoms with Gasteiger partial charge in [0.1, 0.15) is 5.01 Å². The monoisotopic (exact) mass is 274 g/mol. The predicted molar refractivity (Wildman–Crippen MR) is 77.1 cm³/mol. The highest BCUT2D eigenvalue weighted by Crippen LogP contribution is 2.31. The average Bonchev–Trinajstić information content (AvgIpc) is 2.86. The van der Waals surface area contributed by atoms with E-state index in [0.29, 0.717) is 5.88 Å². The van der Waals surface area contributed by atoms with E-state index >= 15 is 0 Å². The van der Waals surface area contributed by atoms with Crippen molar-refractivity contribution in [3.05, 3.63) is 47.1 Å². The SMILES string of the molecule is Cc1cc(-c2nc(CCl)cs2)c2ccccc2n1. The van der Waals surface area contributed by atoms with Crippen molar-refractivity contribution in [1.29, 1.82) is 0 Å². The molecule has 3 rings (SSSR count). The molecule has 1 aromatic carbocycles. The van der Waals surface area contributed by atoms with E-state index in [1.807, 2.05) is 30.5 Å². The fourth-order valence-corrected chi connectivity index (χ4v) is 3.05. The number of para-hydroxylation sites is 1. The Kier molecular flexibility index (Phi) is 3.02. The molecule has 0 aliphatic carbocycles. The van der Waals surface area contributed by atoms with Crippen molar-refractivity contribution in [1.82, 2.24) is 9.97 Å². The van der Waals surface area contributed by atoms with Gasteiger partial charge in [-0.15, -0.1) is 22.9 Å². The molecule has 0 radical (unpaired) electrons. The minimum absolute atomic E-state index is 0.457. The molecule has 0 bridgehead atoms. The Morgan fingerprint density at radius 1 is 1.22 bits per heavy atom. The highest BCUT2D eigenvalue weighted by molar-refractivity contribution is 7.13. The number of nitrogens with zero attached hydrogens (tertiary/aromatic N) is 2. The van der Waals surface area contributed by atoms with Crippen LogP contribution >= 0.6 is 22.9 Å². The van der Waals surface area contributed by atoms with Gasteiger partial charge in [-0.25, -0.2) is 4.98 Å². The molecular weight excluding hydrogens is 264 g/mol. The molecule has 0 aliphatic rings. The number of benzene rings is 1. The van der Waals surface area contributed by atoms with Crippen LogP contribution in [0.2, 0.25) is 0 Å². The van der Waals surface area contributed by atoms with Crippen molar-refractivity contribution in [2.75, 3.05) is 0 Å². The molecule has 3 aromatic rings. The van der Waals surface area contributed by atoms with E-state index in [2.05, 4.69) is 22.1 Å². The molecule has 2 heterocycles. The third-order valence-electron chi connectivity index (χ3n) is 2.76. The summed E-state index contributed by atoms with van der Waals surface area (Å²) in [4.78, 5) is 9.09. The Bertz CT molecular complexity index is 706. The van der Waals surface area contributed by atoms with Crippen LogP contribution < -0.4 is 0 Å². The molecule has 0 N–H and O–H groups in total. The lowest BCUT2D eigenvalue weighted by atomic mass is 10.1. The van der Waals surface area contributed by atoms with E-state index in [1.54, 1.807) is 11.3 Å². The Hall–Kier alpha value is -1.45. The quantitative estimate of drug-likeness (QED) is 0.647. The first-order chi connectivity index (χ1) is 8.78. The summed E-state index contributed by atoms with van der Waals surface area (Å²) in [7, 11) is 0. The van der Waals surface area contributed by atoms with E-state index in [1.165, 1.54) is 0 Å². The Balaban J connectivity index is 2.27. The molecular formula is C14H11ClN2S. The number of hydrogen-bond donors (Lipinski definition) is 0. The third-order valence-corrected chi connectivity index (χ3v) is 3.96. The molecule has 0 amide bonds. The maximum absolute atomic E-state index is 5.81. The molecule has 4 heteroatoms. The van der Waals surface area contributed by atoms with Gasteiger partial charge >= 0.3 is 0 Å². The van der Waals surface area contributed by atoms with Crippen molar-refractivity contribution in [3.63, 3.8) is 0 Å². The zero-order chi connectivity index (χ0) is 12.5.